The van der Waals surface area contributed by atoms with E-state index in [4.69, 9.17) is 11.6 Å². The van der Waals surface area contributed by atoms with Gasteiger partial charge in [-0.05, 0) is 36.2 Å². The molecule has 3 aromatic rings. The number of imidazole rings is 1. The molecule has 0 saturated heterocycles. The Hall–Kier alpha value is -1.52. The summed E-state index contributed by atoms with van der Waals surface area (Å²) < 4.78 is 0. The Morgan fingerprint density at radius 2 is 2.21 bits per heavy atom. The van der Waals surface area contributed by atoms with Crippen LogP contribution in [0.1, 0.15) is 11.1 Å². The fourth-order valence-corrected chi connectivity index (χ4v) is 2.98. The third kappa shape index (κ3) is 2.74. The summed E-state index contributed by atoms with van der Waals surface area (Å²) in [5.74, 6) is 0.755. The summed E-state index contributed by atoms with van der Waals surface area (Å²) in [5.41, 5.74) is 4.30. The monoisotopic (exact) mass is 289 g/mol. The number of fused-ring (bicyclic) bond motifs is 1. The van der Waals surface area contributed by atoms with E-state index in [0.29, 0.717) is 5.15 Å². The van der Waals surface area contributed by atoms with Gasteiger partial charge in [0.1, 0.15) is 5.15 Å². The van der Waals surface area contributed by atoms with Crippen molar-refractivity contribution in [3.05, 3.63) is 52.8 Å². The quantitative estimate of drug-likeness (QED) is 0.580. The zero-order valence-electron chi connectivity index (χ0n) is 10.4. The fraction of sp³-hybridized carbons (Fsp3) is 0.143. The average molecular weight is 290 g/mol. The van der Waals surface area contributed by atoms with Crippen molar-refractivity contribution in [3.63, 3.8) is 0 Å². The molecule has 0 aliphatic heterocycles. The molecular weight excluding hydrogens is 278 g/mol. The third-order valence-corrected chi connectivity index (χ3v) is 4.08. The maximum atomic E-state index is 6.03. The molecule has 96 valence electrons. The molecule has 0 amide bonds. The number of halogens is 1. The molecule has 5 heteroatoms. The first-order valence-corrected chi connectivity index (χ1v) is 7.27. The Morgan fingerprint density at radius 3 is 3.05 bits per heavy atom. The van der Waals surface area contributed by atoms with Gasteiger partial charge in [-0.3, -0.25) is 0 Å². The number of aromatic amines is 1. The van der Waals surface area contributed by atoms with E-state index in [1.165, 1.54) is 5.56 Å². The molecule has 0 unspecified atom stereocenters. The van der Waals surface area contributed by atoms with Crippen LogP contribution in [0, 0.1) is 6.92 Å². The van der Waals surface area contributed by atoms with E-state index in [1.54, 1.807) is 18.0 Å². The first-order chi connectivity index (χ1) is 9.22. The number of pyridine rings is 1. The van der Waals surface area contributed by atoms with E-state index in [0.717, 1.165) is 27.5 Å². The van der Waals surface area contributed by atoms with Crippen molar-refractivity contribution < 1.29 is 0 Å². The predicted octanol–water partition coefficient (Wildman–Crippen LogP) is 4.21. The number of aryl methyl sites for hydroxylation is 1. The number of hydrogen-bond acceptors (Lipinski definition) is 3. The molecule has 3 rings (SSSR count). The van der Waals surface area contributed by atoms with Gasteiger partial charge >= 0.3 is 0 Å². The summed E-state index contributed by atoms with van der Waals surface area (Å²) >= 11 is 7.66. The van der Waals surface area contributed by atoms with Gasteiger partial charge in [0.25, 0.3) is 0 Å². The number of rotatable bonds is 3. The van der Waals surface area contributed by atoms with Gasteiger partial charge in [-0.2, -0.15) is 0 Å². The standard InChI is InChI=1S/C14H12ClN3S/c1-9-4-5-11-12(7-9)18-14(17-11)19-8-10-3-2-6-16-13(10)15/h2-7H,8H2,1H3,(H,17,18). The number of aromatic nitrogens is 3. The van der Waals surface area contributed by atoms with Crippen LogP contribution in [-0.4, -0.2) is 15.0 Å². The maximum Gasteiger partial charge on any atom is 0.166 e. The number of H-pyrrole nitrogens is 1. The van der Waals surface area contributed by atoms with Crippen LogP contribution in [0.2, 0.25) is 5.15 Å². The summed E-state index contributed by atoms with van der Waals surface area (Å²) in [6.07, 6.45) is 1.69. The highest BCUT2D eigenvalue weighted by atomic mass is 35.5. The van der Waals surface area contributed by atoms with Crippen molar-refractivity contribution in [2.75, 3.05) is 0 Å². The van der Waals surface area contributed by atoms with Crippen LogP contribution in [-0.2, 0) is 5.75 Å². The molecule has 0 aliphatic rings. The highest BCUT2D eigenvalue weighted by Gasteiger charge is 2.06. The molecule has 0 radical (unpaired) electrons. The topological polar surface area (TPSA) is 41.6 Å². The SMILES string of the molecule is Cc1ccc2nc(SCc3cccnc3Cl)[nH]c2c1. The lowest BCUT2D eigenvalue weighted by Gasteiger charge is -2.00. The van der Waals surface area contributed by atoms with Crippen molar-refractivity contribution in [3.8, 4) is 0 Å². The molecule has 0 fully saturated rings. The Balaban J connectivity index is 1.80. The van der Waals surface area contributed by atoms with E-state index in [1.807, 2.05) is 18.2 Å². The minimum absolute atomic E-state index is 0.557. The van der Waals surface area contributed by atoms with Gasteiger partial charge in [0.2, 0.25) is 0 Å². The van der Waals surface area contributed by atoms with Crippen LogP contribution in [0.15, 0.2) is 41.7 Å². The molecule has 3 nitrogen and oxygen atoms in total. The second kappa shape index (κ2) is 5.23. The van der Waals surface area contributed by atoms with Crippen LogP contribution in [0.3, 0.4) is 0 Å². The Morgan fingerprint density at radius 1 is 1.32 bits per heavy atom. The van der Waals surface area contributed by atoms with Crippen LogP contribution < -0.4 is 0 Å². The van der Waals surface area contributed by atoms with E-state index in [2.05, 4.69) is 34.0 Å². The Labute approximate surface area is 120 Å². The lowest BCUT2D eigenvalue weighted by atomic mass is 10.2. The second-order valence-electron chi connectivity index (χ2n) is 4.30. The third-order valence-electron chi connectivity index (χ3n) is 2.82. The predicted molar refractivity (Wildman–Crippen MR) is 79.6 cm³/mol. The first-order valence-electron chi connectivity index (χ1n) is 5.91. The molecule has 19 heavy (non-hydrogen) atoms. The minimum Gasteiger partial charge on any atom is -0.333 e. The smallest absolute Gasteiger partial charge is 0.166 e. The summed E-state index contributed by atoms with van der Waals surface area (Å²) in [4.78, 5) is 11.9. The fourth-order valence-electron chi connectivity index (χ4n) is 1.84. The van der Waals surface area contributed by atoms with Crippen LogP contribution >= 0.6 is 23.4 Å². The van der Waals surface area contributed by atoms with Crippen LogP contribution in [0.4, 0.5) is 0 Å². The molecule has 1 aromatic carbocycles. The lowest BCUT2D eigenvalue weighted by molar-refractivity contribution is 1.08. The molecule has 2 heterocycles. The van der Waals surface area contributed by atoms with Gasteiger partial charge in [0, 0.05) is 11.9 Å². The zero-order valence-corrected chi connectivity index (χ0v) is 11.9. The zero-order chi connectivity index (χ0) is 13.2. The van der Waals surface area contributed by atoms with Crippen molar-refractivity contribution >= 4 is 34.4 Å². The molecule has 2 aromatic heterocycles. The Kier molecular flexibility index (Phi) is 3.44. The number of nitrogens with zero attached hydrogens (tertiary/aromatic N) is 2. The van der Waals surface area contributed by atoms with Crippen LogP contribution in [0.5, 0.6) is 0 Å². The molecular formula is C14H12ClN3S. The summed E-state index contributed by atoms with van der Waals surface area (Å²) in [6, 6.07) is 10.1. The maximum absolute atomic E-state index is 6.03. The van der Waals surface area contributed by atoms with Crippen molar-refractivity contribution in [2.45, 2.75) is 17.8 Å². The molecule has 0 aliphatic carbocycles. The molecule has 0 atom stereocenters. The van der Waals surface area contributed by atoms with Crippen LogP contribution in [0.25, 0.3) is 11.0 Å². The highest BCUT2D eigenvalue weighted by Crippen LogP contribution is 2.25. The molecule has 0 bridgehead atoms. The normalized spacial score (nSPS) is 11.1. The van der Waals surface area contributed by atoms with Crippen molar-refractivity contribution in [2.24, 2.45) is 0 Å². The van der Waals surface area contributed by atoms with E-state index in [-0.39, 0.29) is 0 Å². The van der Waals surface area contributed by atoms with Gasteiger partial charge in [-0.25, -0.2) is 9.97 Å². The Bertz CT molecular complexity index is 724. The molecule has 1 N–H and O–H groups in total. The number of thioether (sulfide) groups is 1. The minimum atomic E-state index is 0.557. The highest BCUT2D eigenvalue weighted by molar-refractivity contribution is 7.98. The largest absolute Gasteiger partial charge is 0.333 e. The number of benzene rings is 1. The first kappa shape index (κ1) is 12.5. The summed E-state index contributed by atoms with van der Waals surface area (Å²) in [6.45, 7) is 2.07. The molecule has 0 saturated carbocycles. The summed E-state index contributed by atoms with van der Waals surface area (Å²) in [5, 5.41) is 1.46. The van der Waals surface area contributed by atoms with Gasteiger partial charge in [-0.1, -0.05) is 35.5 Å². The van der Waals surface area contributed by atoms with E-state index >= 15 is 0 Å². The van der Waals surface area contributed by atoms with Gasteiger partial charge in [-0.15, -0.1) is 0 Å². The van der Waals surface area contributed by atoms with Gasteiger partial charge < -0.3 is 4.98 Å². The van der Waals surface area contributed by atoms with E-state index in [9.17, 15) is 0 Å². The number of hydrogen-bond donors (Lipinski definition) is 1. The van der Waals surface area contributed by atoms with E-state index < -0.39 is 0 Å². The average Bonchev–Trinajstić information content (AvgIpc) is 2.79. The lowest BCUT2D eigenvalue weighted by Crippen LogP contribution is -1.85. The number of nitrogens with one attached hydrogen (secondary N) is 1. The summed E-state index contributed by atoms with van der Waals surface area (Å²) in [7, 11) is 0. The van der Waals surface area contributed by atoms with Crippen molar-refractivity contribution in [1.29, 1.82) is 0 Å². The molecule has 0 spiro atoms. The van der Waals surface area contributed by atoms with Crippen molar-refractivity contribution in [1.82, 2.24) is 15.0 Å². The van der Waals surface area contributed by atoms with Gasteiger partial charge in [0.15, 0.2) is 5.16 Å². The second-order valence-corrected chi connectivity index (χ2v) is 5.63. The van der Waals surface area contributed by atoms with Gasteiger partial charge in [0.05, 0.1) is 11.0 Å².